The number of halogens is 1. The van der Waals surface area contributed by atoms with Gasteiger partial charge >= 0.3 is 21.3 Å². The van der Waals surface area contributed by atoms with E-state index in [0.717, 1.165) is 19.2 Å². The molecular weight excluding hydrogens is 505 g/mol. The Balaban J connectivity index is 0.00000205. The van der Waals surface area contributed by atoms with Crippen molar-refractivity contribution in [2.75, 3.05) is 14.1 Å². The van der Waals surface area contributed by atoms with Crippen molar-refractivity contribution in [3.05, 3.63) is 71.0 Å². The van der Waals surface area contributed by atoms with Crippen LogP contribution in [-0.2, 0) is 10.2 Å². The summed E-state index contributed by atoms with van der Waals surface area (Å²) in [6.07, 6.45) is 0. The molecule has 5 rings (SSSR count). The Hall–Kier alpha value is -2.57. The van der Waals surface area contributed by atoms with Gasteiger partial charge in [0.15, 0.2) is 0 Å². The molecule has 0 saturated carbocycles. The number of nitrogens with zero attached hydrogens (tertiary/aromatic N) is 5. The monoisotopic (exact) mass is 521 g/mol. The first-order chi connectivity index (χ1) is 13.4. The predicted molar refractivity (Wildman–Crippen MR) is 106 cm³/mol. The van der Waals surface area contributed by atoms with Crippen LogP contribution in [0.4, 0.5) is 0 Å². The van der Waals surface area contributed by atoms with Gasteiger partial charge in [-0.3, -0.25) is 4.79 Å². The third-order valence-corrected chi connectivity index (χ3v) is 6.59. The fourth-order valence-corrected chi connectivity index (χ4v) is 4.53. The smallest absolute Gasteiger partial charge is 0.333 e. The minimum atomic E-state index is -3.91. The number of para-hydroxylation sites is 3. The molecule has 148 valence electrons. The summed E-state index contributed by atoms with van der Waals surface area (Å²) >= 11 is 0. The highest BCUT2D eigenvalue weighted by atomic mass is 127. The van der Waals surface area contributed by atoms with E-state index < -0.39 is 10.2 Å². The molecule has 0 spiro atoms. The van der Waals surface area contributed by atoms with E-state index in [1.54, 1.807) is 30.3 Å². The van der Waals surface area contributed by atoms with Crippen molar-refractivity contribution in [1.29, 1.82) is 0 Å². The highest BCUT2D eigenvalue weighted by Crippen LogP contribution is 2.21. The Bertz CT molecular complexity index is 1590. The molecule has 0 fully saturated rings. The van der Waals surface area contributed by atoms with Crippen LogP contribution < -0.4 is 34.1 Å². The molecule has 8 nitrogen and oxygen atoms in total. The standard InChI is InChI=1S/C19H16N5O3S.HI/c1-21(2)28(26,27)24-16-10-6-5-9-15(16)22-18(25)17-12-11-13-7-3-4-8-14(13)23(17)20-19(22)24;/h3-12H,1-2H3;1H/q+1;/p-1. The number of benzene rings is 2. The Morgan fingerprint density at radius 1 is 0.897 bits per heavy atom. The highest BCUT2D eigenvalue weighted by Gasteiger charge is 2.29. The van der Waals surface area contributed by atoms with Crippen LogP contribution in [0.1, 0.15) is 0 Å². The molecule has 0 aliphatic carbocycles. The van der Waals surface area contributed by atoms with Gasteiger partial charge in [-0.25, -0.2) is 4.40 Å². The molecule has 2 aromatic carbocycles. The molecule has 0 aliphatic rings. The summed E-state index contributed by atoms with van der Waals surface area (Å²) in [4.78, 5) is 13.3. The molecule has 0 saturated heterocycles. The molecule has 0 radical (unpaired) electrons. The first-order valence-electron chi connectivity index (χ1n) is 8.60. The second-order valence-corrected chi connectivity index (χ2v) is 8.66. The first kappa shape index (κ1) is 19.7. The molecule has 0 atom stereocenters. The van der Waals surface area contributed by atoms with E-state index in [2.05, 4.69) is 5.10 Å². The fraction of sp³-hybridized carbons (Fsp3) is 0.105. The zero-order valence-electron chi connectivity index (χ0n) is 15.5. The lowest BCUT2D eigenvalue weighted by Gasteiger charge is -2.12. The summed E-state index contributed by atoms with van der Waals surface area (Å²) < 4.78 is 31.2. The lowest BCUT2D eigenvalue weighted by molar-refractivity contribution is -0.551. The van der Waals surface area contributed by atoms with E-state index in [-0.39, 0.29) is 35.3 Å². The maximum atomic E-state index is 13.3. The molecule has 0 amide bonds. The quantitative estimate of drug-likeness (QED) is 0.156. The van der Waals surface area contributed by atoms with Crippen LogP contribution in [0.15, 0.2) is 65.5 Å². The second kappa shape index (κ2) is 6.75. The van der Waals surface area contributed by atoms with Gasteiger partial charge in [-0.1, -0.05) is 24.3 Å². The number of aromatic nitrogens is 4. The summed E-state index contributed by atoms with van der Waals surface area (Å²) in [7, 11) is -1.02. The molecule has 0 aliphatic heterocycles. The zero-order chi connectivity index (χ0) is 19.6. The number of rotatable bonds is 2. The summed E-state index contributed by atoms with van der Waals surface area (Å²) in [5.41, 5.74) is 1.62. The molecular formula is C19H16IN5O3S. The maximum Gasteiger partial charge on any atom is 0.333 e. The van der Waals surface area contributed by atoms with E-state index in [0.29, 0.717) is 16.6 Å². The number of fused-ring (bicyclic) bond motifs is 6. The van der Waals surface area contributed by atoms with Gasteiger partial charge < -0.3 is 24.0 Å². The van der Waals surface area contributed by atoms with Gasteiger partial charge in [0.25, 0.3) is 5.78 Å². The number of imidazole rings is 1. The minimum Gasteiger partial charge on any atom is -1.00 e. The van der Waals surface area contributed by atoms with Gasteiger partial charge in [-0.05, 0) is 28.8 Å². The van der Waals surface area contributed by atoms with Crippen LogP contribution in [0, 0.1) is 0 Å². The zero-order valence-corrected chi connectivity index (χ0v) is 18.5. The van der Waals surface area contributed by atoms with Crippen LogP contribution >= 0.6 is 0 Å². The predicted octanol–water partition coefficient (Wildman–Crippen LogP) is -1.80. The summed E-state index contributed by atoms with van der Waals surface area (Å²) in [5.74, 6) is 0.0359. The van der Waals surface area contributed by atoms with Gasteiger partial charge in [0.1, 0.15) is 0 Å². The third kappa shape index (κ3) is 2.66. The fourth-order valence-electron chi connectivity index (χ4n) is 3.47. The van der Waals surface area contributed by atoms with Crippen molar-refractivity contribution in [3.63, 3.8) is 0 Å². The number of hydrogen-bond donors (Lipinski definition) is 0. The lowest BCUT2D eigenvalue weighted by Crippen LogP contribution is -3.00. The third-order valence-electron chi connectivity index (χ3n) is 4.84. The molecule has 29 heavy (non-hydrogen) atoms. The van der Waals surface area contributed by atoms with E-state index >= 15 is 0 Å². The molecule has 0 bridgehead atoms. The molecule has 0 N–H and O–H groups in total. The van der Waals surface area contributed by atoms with E-state index in [4.69, 9.17) is 0 Å². The molecule has 10 heteroatoms. The van der Waals surface area contributed by atoms with Gasteiger partial charge in [-0.15, -0.1) is 0 Å². The summed E-state index contributed by atoms with van der Waals surface area (Å²) in [6, 6.07) is 17.9. The van der Waals surface area contributed by atoms with Crippen molar-refractivity contribution in [1.82, 2.24) is 17.8 Å². The summed E-state index contributed by atoms with van der Waals surface area (Å²) in [5, 5.41) is 5.49. The molecule has 3 aromatic heterocycles. The van der Waals surface area contributed by atoms with Gasteiger partial charge in [0.05, 0.1) is 11.0 Å². The Labute approximate surface area is 182 Å². The largest absolute Gasteiger partial charge is 1.00 e. The molecule has 0 unspecified atom stereocenters. The first-order valence-corrected chi connectivity index (χ1v) is 10.00. The van der Waals surface area contributed by atoms with Crippen LogP contribution in [0.25, 0.3) is 33.2 Å². The Morgan fingerprint density at radius 2 is 1.55 bits per heavy atom. The number of hydrogen-bond acceptors (Lipinski definition) is 4. The van der Waals surface area contributed by atoms with E-state index in [1.165, 1.54) is 23.0 Å². The van der Waals surface area contributed by atoms with E-state index in [1.807, 2.05) is 30.3 Å². The van der Waals surface area contributed by atoms with Crippen molar-refractivity contribution >= 4 is 43.4 Å². The maximum absolute atomic E-state index is 13.3. The van der Waals surface area contributed by atoms with Gasteiger partial charge in [0.2, 0.25) is 5.52 Å². The molecule has 3 heterocycles. The second-order valence-electron chi connectivity index (χ2n) is 6.67. The summed E-state index contributed by atoms with van der Waals surface area (Å²) in [6.45, 7) is 0. The highest BCUT2D eigenvalue weighted by molar-refractivity contribution is 7.87. The normalized spacial score (nSPS) is 12.2. The van der Waals surface area contributed by atoms with Gasteiger partial charge in [0, 0.05) is 36.7 Å². The van der Waals surface area contributed by atoms with Crippen molar-refractivity contribution < 1.29 is 36.9 Å². The Morgan fingerprint density at radius 3 is 2.28 bits per heavy atom. The van der Waals surface area contributed by atoms with E-state index in [9.17, 15) is 13.2 Å². The average Bonchev–Trinajstić information content (AvgIpc) is 3.03. The minimum absolute atomic E-state index is 0. The van der Waals surface area contributed by atoms with Crippen LogP contribution in [0.2, 0.25) is 0 Å². The van der Waals surface area contributed by atoms with Crippen molar-refractivity contribution in [2.45, 2.75) is 0 Å². The van der Waals surface area contributed by atoms with Crippen molar-refractivity contribution in [3.8, 4) is 0 Å². The average molecular weight is 521 g/mol. The SMILES string of the molecule is CN(C)S(=O)(=O)n1c2ccccc2n2c(=O)c3ccc4ccccc4[n+]3nc12.[I-]. The lowest BCUT2D eigenvalue weighted by atomic mass is 10.2. The molecule has 5 aromatic rings. The number of pyridine rings is 1. The van der Waals surface area contributed by atoms with Crippen LogP contribution in [-0.4, -0.2) is 40.3 Å². The van der Waals surface area contributed by atoms with Crippen LogP contribution in [0.5, 0.6) is 0 Å². The topological polar surface area (TPSA) is 80.8 Å². The Kier molecular flexibility index (Phi) is 4.59. The van der Waals surface area contributed by atoms with Crippen LogP contribution in [0.3, 0.4) is 0 Å². The van der Waals surface area contributed by atoms with Gasteiger partial charge in [-0.2, -0.15) is 16.7 Å². The van der Waals surface area contributed by atoms with Crippen molar-refractivity contribution in [2.24, 2.45) is 0 Å².